The predicted octanol–water partition coefficient (Wildman–Crippen LogP) is 5.60. The third-order valence-corrected chi connectivity index (χ3v) is 5.22. The largest absolute Gasteiger partial charge is 0.462 e. The van der Waals surface area contributed by atoms with E-state index >= 15 is 0 Å². The molecule has 1 aromatic heterocycles. The van der Waals surface area contributed by atoms with Crippen molar-refractivity contribution in [2.24, 2.45) is 0 Å². The highest BCUT2D eigenvalue weighted by molar-refractivity contribution is 7.99. The van der Waals surface area contributed by atoms with Gasteiger partial charge < -0.3 is 4.74 Å². The molecule has 0 saturated heterocycles. The first-order valence-corrected chi connectivity index (χ1v) is 9.43. The zero-order chi connectivity index (χ0) is 19.2. The van der Waals surface area contributed by atoms with Gasteiger partial charge in [0.15, 0.2) is 0 Å². The van der Waals surface area contributed by atoms with E-state index in [4.69, 9.17) is 16.3 Å². The van der Waals surface area contributed by atoms with Gasteiger partial charge in [0.1, 0.15) is 11.1 Å². The molecule has 134 valence electrons. The molecule has 0 aliphatic rings. The van der Waals surface area contributed by atoms with E-state index in [2.05, 4.69) is 11.1 Å². The highest BCUT2D eigenvalue weighted by Crippen LogP contribution is 2.36. The monoisotopic (exact) mass is 394 g/mol. The van der Waals surface area contributed by atoms with E-state index in [0.717, 1.165) is 10.5 Å². The second kappa shape index (κ2) is 8.72. The number of ether oxygens (including phenoxy) is 1. The summed E-state index contributed by atoms with van der Waals surface area (Å²) in [6.45, 7) is 1.98. The SMILES string of the molecule is CCOC(=O)c1cc(C#N)c(Sc2ccccc2Cl)nc1-c1ccccc1. The summed E-state index contributed by atoms with van der Waals surface area (Å²) in [5, 5.41) is 10.6. The lowest BCUT2D eigenvalue weighted by molar-refractivity contribution is 0.0526. The van der Waals surface area contributed by atoms with Crippen LogP contribution in [0.15, 0.2) is 70.6 Å². The molecule has 0 spiro atoms. The molecule has 0 N–H and O–H groups in total. The van der Waals surface area contributed by atoms with Crippen molar-refractivity contribution in [1.29, 1.82) is 5.26 Å². The maximum Gasteiger partial charge on any atom is 0.340 e. The average Bonchev–Trinajstić information content (AvgIpc) is 2.70. The first-order valence-electron chi connectivity index (χ1n) is 8.24. The molecule has 0 saturated carbocycles. The molecule has 3 rings (SSSR count). The van der Waals surface area contributed by atoms with E-state index < -0.39 is 5.97 Å². The van der Waals surface area contributed by atoms with Crippen LogP contribution in [-0.2, 0) is 4.74 Å². The molecule has 0 bridgehead atoms. The molecule has 0 amide bonds. The maximum absolute atomic E-state index is 12.4. The smallest absolute Gasteiger partial charge is 0.340 e. The topological polar surface area (TPSA) is 63.0 Å². The van der Waals surface area contributed by atoms with E-state index in [1.54, 1.807) is 13.0 Å². The molecular formula is C21H15ClN2O2S. The van der Waals surface area contributed by atoms with Crippen LogP contribution in [0, 0.1) is 11.3 Å². The van der Waals surface area contributed by atoms with Gasteiger partial charge in [0, 0.05) is 10.5 Å². The molecule has 0 radical (unpaired) electrons. The number of benzene rings is 2. The standard InChI is InChI=1S/C21H15ClN2O2S/c1-2-26-21(25)16-12-15(13-23)20(27-18-11-7-6-10-17(18)22)24-19(16)14-8-4-3-5-9-14/h3-12H,2H2,1H3. The third-order valence-electron chi connectivity index (χ3n) is 3.69. The van der Waals surface area contributed by atoms with Gasteiger partial charge in [-0.15, -0.1) is 0 Å². The van der Waals surface area contributed by atoms with Crippen LogP contribution in [0.3, 0.4) is 0 Å². The van der Waals surface area contributed by atoms with Crippen LogP contribution >= 0.6 is 23.4 Å². The average molecular weight is 395 g/mol. The molecule has 2 aromatic carbocycles. The second-order valence-corrected chi connectivity index (χ2v) is 6.91. The van der Waals surface area contributed by atoms with Crippen molar-refractivity contribution in [2.45, 2.75) is 16.8 Å². The van der Waals surface area contributed by atoms with Crippen molar-refractivity contribution in [3.05, 3.63) is 76.8 Å². The summed E-state index contributed by atoms with van der Waals surface area (Å²) >= 11 is 7.53. The number of pyridine rings is 1. The van der Waals surface area contributed by atoms with Crippen molar-refractivity contribution in [3.8, 4) is 17.3 Å². The predicted molar refractivity (Wildman–Crippen MR) is 106 cm³/mol. The number of carbonyl (C=O) groups excluding carboxylic acids is 1. The Morgan fingerprint density at radius 1 is 1.19 bits per heavy atom. The van der Waals surface area contributed by atoms with Crippen molar-refractivity contribution < 1.29 is 9.53 Å². The molecule has 27 heavy (non-hydrogen) atoms. The summed E-state index contributed by atoms with van der Waals surface area (Å²) < 4.78 is 5.15. The van der Waals surface area contributed by atoms with Crippen molar-refractivity contribution in [1.82, 2.24) is 4.98 Å². The summed E-state index contributed by atoms with van der Waals surface area (Å²) in [7, 11) is 0. The molecule has 0 fully saturated rings. The summed E-state index contributed by atoms with van der Waals surface area (Å²) in [6.07, 6.45) is 0. The van der Waals surface area contributed by atoms with E-state index in [-0.39, 0.29) is 12.2 Å². The molecule has 4 nitrogen and oxygen atoms in total. The number of nitrogens with zero attached hydrogens (tertiary/aromatic N) is 2. The number of hydrogen-bond acceptors (Lipinski definition) is 5. The van der Waals surface area contributed by atoms with Crippen LogP contribution in [0.5, 0.6) is 0 Å². The second-order valence-electron chi connectivity index (χ2n) is 5.47. The fourth-order valence-corrected chi connectivity index (χ4v) is 3.59. The summed E-state index contributed by atoms with van der Waals surface area (Å²) in [6, 6.07) is 20.3. The fourth-order valence-electron chi connectivity index (χ4n) is 2.47. The van der Waals surface area contributed by atoms with Gasteiger partial charge in [-0.2, -0.15) is 5.26 Å². The molecule has 0 unspecified atom stereocenters. The van der Waals surface area contributed by atoms with Gasteiger partial charge in [-0.05, 0) is 25.1 Å². The van der Waals surface area contributed by atoms with E-state index in [1.165, 1.54) is 17.8 Å². The Kier molecular flexibility index (Phi) is 6.12. The first kappa shape index (κ1) is 19.0. The van der Waals surface area contributed by atoms with Crippen molar-refractivity contribution >= 4 is 29.3 Å². The number of esters is 1. The lowest BCUT2D eigenvalue weighted by Crippen LogP contribution is -2.09. The lowest BCUT2D eigenvalue weighted by atomic mass is 10.0. The zero-order valence-electron chi connectivity index (χ0n) is 14.5. The van der Waals surface area contributed by atoms with Gasteiger partial charge in [0.2, 0.25) is 0 Å². The Morgan fingerprint density at radius 3 is 2.56 bits per heavy atom. The molecule has 0 aliphatic heterocycles. The highest BCUT2D eigenvalue weighted by atomic mass is 35.5. The van der Waals surface area contributed by atoms with Gasteiger partial charge in [-0.1, -0.05) is 65.8 Å². The Bertz CT molecular complexity index is 1020. The van der Waals surface area contributed by atoms with Crippen LogP contribution in [0.2, 0.25) is 5.02 Å². The number of rotatable bonds is 5. The van der Waals surface area contributed by atoms with Gasteiger partial charge >= 0.3 is 5.97 Å². The van der Waals surface area contributed by atoms with Crippen molar-refractivity contribution in [2.75, 3.05) is 6.61 Å². The zero-order valence-corrected chi connectivity index (χ0v) is 16.1. The molecule has 3 aromatic rings. The van der Waals surface area contributed by atoms with Crippen LogP contribution in [0.1, 0.15) is 22.8 Å². The summed E-state index contributed by atoms with van der Waals surface area (Å²) in [5.74, 6) is -0.505. The van der Waals surface area contributed by atoms with Crippen LogP contribution < -0.4 is 0 Å². The van der Waals surface area contributed by atoms with Crippen LogP contribution in [0.25, 0.3) is 11.3 Å². The molecule has 0 atom stereocenters. The van der Waals surface area contributed by atoms with E-state index in [0.29, 0.717) is 21.3 Å². The molecule has 1 heterocycles. The van der Waals surface area contributed by atoms with E-state index in [9.17, 15) is 10.1 Å². The summed E-state index contributed by atoms with van der Waals surface area (Å²) in [5.41, 5.74) is 1.81. The third kappa shape index (κ3) is 4.30. The minimum atomic E-state index is -0.505. The van der Waals surface area contributed by atoms with E-state index in [1.807, 2.05) is 48.5 Å². The fraction of sp³-hybridized carbons (Fsp3) is 0.0952. The van der Waals surface area contributed by atoms with Crippen LogP contribution in [0.4, 0.5) is 0 Å². The first-order chi connectivity index (χ1) is 13.1. The molecule has 6 heteroatoms. The number of halogens is 1. The Hall–Kier alpha value is -2.81. The van der Waals surface area contributed by atoms with Gasteiger partial charge in [0.05, 0.1) is 28.5 Å². The molecular weight excluding hydrogens is 380 g/mol. The normalized spacial score (nSPS) is 10.3. The summed E-state index contributed by atoms with van der Waals surface area (Å²) in [4.78, 5) is 17.8. The number of aromatic nitrogens is 1. The Morgan fingerprint density at radius 2 is 1.89 bits per heavy atom. The number of nitriles is 1. The van der Waals surface area contributed by atoms with Gasteiger partial charge in [0.25, 0.3) is 0 Å². The van der Waals surface area contributed by atoms with Crippen LogP contribution in [-0.4, -0.2) is 17.6 Å². The quantitative estimate of drug-likeness (QED) is 0.527. The van der Waals surface area contributed by atoms with Gasteiger partial charge in [-0.3, -0.25) is 0 Å². The lowest BCUT2D eigenvalue weighted by Gasteiger charge is -2.12. The van der Waals surface area contributed by atoms with Crippen molar-refractivity contribution in [3.63, 3.8) is 0 Å². The van der Waals surface area contributed by atoms with Gasteiger partial charge in [-0.25, -0.2) is 9.78 Å². The Labute approximate surface area is 166 Å². The minimum Gasteiger partial charge on any atom is -0.462 e. The maximum atomic E-state index is 12.4. The number of hydrogen-bond donors (Lipinski definition) is 0. The Balaban J connectivity index is 2.16. The molecule has 0 aliphatic carbocycles. The number of carbonyl (C=O) groups is 1. The minimum absolute atomic E-state index is 0.241. The highest BCUT2D eigenvalue weighted by Gasteiger charge is 2.20.